The fourth-order valence-electron chi connectivity index (χ4n) is 0.0714. The number of hydrogen-bond donors (Lipinski definition) is 0. The van der Waals surface area contributed by atoms with E-state index in [1.807, 2.05) is 0 Å². The molecule has 0 aromatic rings. The van der Waals surface area contributed by atoms with E-state index in [-0.39, 0.29) is 6.67 Å². The van der Waals surface area contributed by atoms with Crippen LogP contribution in [0.3, 0.4) is 0 Å². The van der Waals surface area contributed by atoms with E-state index in [0.717, 1.165) is 6.92 Å². The molecule has 0 aliphatic carbocycles. The van der Waals surface area contributed by atoms with Crippen molar-refractivity contribution < 1.29 is 17.6 Å². The highest BCUT2D eigenvalue weighted by Crippen LogP contribution is 2.27. The van der Waals surface area contributed by atoms with E-state index in [2.05, 4.69) is 0 Å². The Morgan fingerprint density at radius 1 is 1.38 bits per heavy atom. The van der Waals surface area contributed by atoms with E-state index in [9.17, 15) is 17.6 Å². The lowest BCUT2D eigenvalue weighted by molar-refractivity contribution is -0.164. The second kappa shape index (κ2) is 2.33. The quantitative estimate of drug-likeness (QED) is 0.476. The number of halogens is 4. The van der Waals surface area contributed by atoms with Crippen LogP contribution in [0.4, 0.5) is 17.6 Å². The van der Waals surface area contributed by atoms with Gasteiger partial charge < -0.3 is 0 Å². The Kier molecular flexibility index (Phi) is 2.25. The molecule has 0 spiro atoms. The first-order valence-electron chi connectivity index (χ1n) is 1.98. The van der Waals surface area contributed by atoms with Crippen molar-refractivity contribution in [2.75, 3.05) is 0 Å². The topological polar surface area (TPSA) is 0 Å². The minimum absolute atomic E-state index is 0.375. The Balaban J connectivity index is 3.62. The monoisotopic (exact) mass is 129 g/mol. The predicted molar refractivity (Wildman–Crippen MR) is 20.6 cm³/mol. The Labute approximate surface area is 44.5 Å². The van der Waals surface area contributed by atoms with E-state index < -0.39 is 12.1 Å². The van der Waals surface area contributed by atoms with Gasteiger partial charge in [0, 0.05) is 0 Å². The summed E-state index contributed by atoms with van der Waals surface area (Å²) in [5, 5.41) is 0. The summed E-state index contributed by atoms with van der Waals surface area (Å²) in [5.74, 6) is -1.94. The van der Waals surface area contributed by atoms with Crippen molar-refractivity contribution in [2.24, 2.45) is 5.92 Å². The predicted octanol–water partition coefficient (Wildman–Crippen LogP) is 2.32. The highest BCUT2D eigenvalue weighted by Gasteiger charge is 2.35. The highest BCUT2D eigenvalue weighted by molar-refractivity contribution is 4.68. The fraction of sp³-hybridized carbons (Fsp3) is 0.750. The van der Waals surface area contributed by atoms with Gasteiger partial charge in [-0.05, 0) is 0 Å². The zero-order valence-corrected chi connectivity index (χ0v) is 4.17. The molecule has 0 N–H and O–H groups in total. The summed E-state index contributed by atoms with van der Waals surface area (Å²) in [4.78, 5) is 0. The molecule has 0 aromatic heterocycles. The number of rotatable bonds is 1. The second-order valence-corrected chi connectivity index (χ2v) is 1.46. The molecule has 0 nitrogen and oxygen atoms in total. The molecular weight excluding hydrogens is 124 g/mol. The van der Waals surface area contributed by atoms with Gasteiger partial charge in [-0.1, -0.05) is 6.92 Å². The van der Waals surface area contributed by atoms with Crippen LogP contribution in [-0.2, 0) is 0 Å². The fourth-order valence-corrected chi connectivity index (χ4v) is 0.0714. The lowest BCUT2D eigenvalue weighted by atomic mass is 10.2. The largest absolute Gasteiger partial charge is 0.394 e. The minimum Gasteiger partial charge on any atom is -0.244 e. The summed E-state index contributed by atoms with van der Waals surface area (Å²) in [6.45, 7) is 0.375. The zero-order chi connectivity index (χ0) is 6.78. The van der Waals surface area contributed by atoms with E-state index in [1.165, 1.54) is 0 Å². The third-order valence-electron chi connectivity index (χ3n) is 0.705. The van der Waals surface area contributed by atoms with Gasteiger partial charge in [0.05, 0.1) is 5.92 Å². The molecule has 4 heteroatoms. The molecule has 1 unspecified atom stereocenters. The van der Waals surface area contributed by atoms with E-state index >= 15 is 0 Å². The Hall–Kier alpha value is -0.280. The molecule has 0 aliphatic heterocycles. The molecule has 0 rings (SSSR count). The van der Waals surface area contributed by atoms with Gasteiger partial charge in [-0.25, -0.2) is 4.39 Å². The lowest BCUT2D eigenvalue weighted by Crippen LogP contribution is -2.18. The first kappa shape index (κ1) is 7.72. The van der Waals surface area contributed by atoms with Gasteiger partial charge in [0.25, 0.3) is 0 Å². The summed E-state index contributed by atoms with van der Waals surface area (Å²) >= 11 is 0. The molecule has 0 amide bonds. The first-order chi connectivity index (χ1) is 3.48. The number of alkyl halides is 3. The summed E-state index contributed by atoms with van der Waals surface area (Å²) in [5.41, 5.74) is 0. The summed E-state index contributed by atoms with van der Waals surface area (Å²) in [7, 11) is 0. The summed E-state index contributed by atoms with van der Waals surface area (Å²) in [6, 6.07) is 0. The Morgan fingerprint density at radius 3 is 1.75 bits per heavy atom. The lowest BCUT2D eigenvalue weighted by Gasteiger charge is -2.09. The van der Waals surface area contributed by atoms with E-state index in [0.29, 0.717) is 0 Å². The zero-order valence-electron chi connectivity index (χ0n) is 4.17. The maximum Gasteiger partial charge on any atom is 0.394 e. The average Bonchev–Trinajstić information content (AvgIpc) is 1.62. The molecule has 0 aromatic carbocycles. The van der Waals surface area contributed by atoms with Gasteiger partial charge in [-0.2, -0.15) is 13.2 Å². The first-order valence-corrected chi connectivity index (χ1v) is 1.98. The van der Waals surface area contributed by atoms with Crippen LogP contribution in [0.15, 0.2) is 0 Å². The van der Waals surface area contributed by atoms with Crippen LogP contribution in [0.1, 0.15) is 6.92 Å². The van der Waals surface area contributed by atoms with Crippen molar-refractivity contribution in [1.29, 1.82) is 0 Å². The molecule has 1 atom stereocenters. The molecule has 0 fully saturated rings. The molecule has 8 heavy (non-hydrogen) atoms. The molecule has 0 aliphatic rings. The van der Waals surface area contributed by atoms with Crippen molar-refractivity contribution >= 4 is 0 Å². The molecule has 0 bridgehead atoms. The van der Waals surface area contributed by atoms with Gasteiger partial charge in [0.15, 0.2) is 0 Å². The molecular formula is C4H5F4. The molecule has 0 heterocycles. The Morgan fingerprint density at radius 2 is 1.75 bits per heavy atom. The molecule has 1 radical (unpaired) electrons. The second-order valence-electron chi connectivity index (χ2n) is 1.46. The highest BCUT2D eigenvalue weighted by atomic mass is 19.4. The van der Waals surface area contributed by atoms with Crippen molar-refractivity contribution in [2.45, 2.75) is 13.1 Å². The van der Waals surface area contributed by atoms with Crippen molar-refractivity contribution in [1.82, 2.24) is 0 Å². The van der Waals surface area contributed by atoms with Crippen LogP contribution in [0.25, 0.3) is 0 Å². The van der Waals surface area contributed by atoms with Gasteiger partial charge >= 0.3 is 6.18 Å². The summed E-state index contributed by atoms with van der Waals surface area (Å²) < 4.78 is 44.6. The van der Waals surface area contributed by atoms with Gasteiger partial charge in [-0.3, -0.25) is 0 Å². The van der Waals surface area contributed by atoms with Crippen molar-refractivity contribution in [3.8, 4) is 0 Å². The third-order valence-corrected chi connectivity index (χ3v) is 0.705. The smallest absolute Gasteiger partial charge is 0.244 e. The van der Waals surface area contributed by atoms with Gasteiger partial charge in [0.2, 0.25) is 0 Å². The normalized spacial score (nSPS) is 16.1. The van der Waals surface area contributed by atoms with E-state index in [1.54, 1.807) is 0 Å². The minimum atomic E-state index is -4.42. The van der Waals surface area contributed by atoms with Crippen molar-refractivity contribution in [3.05, 3.63) is 6.67 Å². The molecule has 0 saturated carbocycles. The van der Waals surface area contributed by atoms with Crippen LogP contribution < -0.4 is 0 Å². The Bertz CT molecular complexity index is 64.9. The van der Waals surface area contributed by atoms with Crippen LogP contribution >= 0.6 is 0 Å². The SMILES string of the molecule is CC([CH]F)C(F)(F)F. The van der Waals surface area contributed by atoms with Crippen LogP contribution in [0.2, 0.25) is 0 Å². The summed E-state index contributed by atoms with van der Waals surface area (Å²) in [6.07, 6.45) is -4.42. The van der Waals surface area contributed by atoms with Gasteiger partial charge in [-0.15, -0.1) is 0 Å². The number of hydrogen-bond acceptors (Lipinski definition) is 0. The van der Waals surface area contributed by atoms with Crippen LogP contribution in [0, 0.1) is 12.6 Å². The van der Waals surface area contributed by atoms with Gasteiger partial charge in [0.1, 0.15) is 6.67 Å². The van der Waals surface area contributed by atoms with Crippen LogP contribution in [-0.4, -0.2) is 6.18 Å². The van der Waals surface area contributed by atoms with E-state index in [4.69, 9.17) is 0 Å². The van der Waals surface area contributed by atoms with Crippen molar-refractivity contribution in [3.63, 3.8) is 0 Å². The third kappa shape index (κ3) is 2.14. The average molecular weight is 129 g/mol. The van der Waals surface area contributed by atoms with Crippen LogP contribution in [0.5, 0.6) is 0 Å². The molecule has 0 saturated heterocycles. The maximum atomic E-state index is 11.2. The maximum absolute atomic E-state index is 11.2. The molecule has 49 valence electrons. The standard InChI is InChI=1S/C4H5F4/c1-3(2-5)4(6,7)8/h2-3H,1H3.